The number of nitrogens with one attached hydrogen (secondary N) is 2. The van der Waals surface area contributed by atoms with Gasteiger partial charge in [-0.1, -0.05) is 40.9 Å². The van der Waals surface area contributed by atoms with E-state index in [0.717, 1.165) is 11.1 Å². The molecule has 0 spiro atoms. The van der Waals surface area contributed by atoms with Crippen LogP contribution >= 0.6 is 23.2 Å². The average Bonchev–Trinajstić information content (AvgIpc) is 2.85. The molecular formula is C28H25Cl2N3O4. The summed E-state index contributed by atoms with van der Waals surface area (Å²) in [4.78, 5) is 25.1. The van der Waals surface area contributed by atoms with Crippen LogP contribution in [0.2, 0.25) is 10.0 Å². The van der Waals surface area contributed by atoms with Gasteiger partial charge in [-0.2, -0.15) is 5.26 Å². The summed E-state index contributed by atoms with van der Waals surface area (Å²) >= 11 is 12.3. The highest BCUT2D eigenvalue weighted by Gasteiger charge is 2.16. The topological polar surface area (TPSA) is 100 Å². The van der Waals surface area contributed by atoms with E-state index >= 15 is 0 Å². The fraction of sp³-hybridized carbons (Fsp3) is 0.179. The van der Waals surface area contributed by atoms with Crippen molar-refractivity contribution in [2.45, 2.75) is 20.8 Å². The molecule has 0 aromatic heterocycles. The van der Waals surface area contributed by atoms with Gasteiger partial charge in [-0.3, -0.25) is 9.59 Å². The number of hydrogen-bond acceptors (Lipinski definition) is 5. The third kappa shape index (κ3) is 7.74. The third-order valence-corrected chi connectivity index (χ3v) is 5.65. The van der Waals surface area contributed by atoms with E-state index in [0.29, 0.717) is 28.6 Å². The fourth-order valence-corrected chi connectivity index (χ4v) is 3.80. The van der Waals surface area contributed by atoms with Crippen LogP contribution in [0.1, 0.15) is 23.6 Å². The summed E-state index contributed by atoms with van der Waals surface area (Å²) in [7, 11) is 0. The largest absolute Gasteiger partial charge is 0.490 e. The Bertz CT molecular complexity index is 1380. The number of halogens is 2. The highest BCUT2D eigenvalue weighted by Crippen LogP contribution is 2.37. The first-order valence-electron chi connectivity index (χ1n) is 11.3. The lowest BCUT2D eigenvalue weighted by Gasteiger charge is -2.15. The molecule has 0 heterocycles. The Morgan fingerprint density at radius 1 is 1.00 bits per heavy atom. The first-order chi connectivity index (χ1) is 17.7. The predicted octanol–water partition coefficient (Wildman–Crippen LogP) is 6.57. The van der Waals surface area contributed by atoms with Crippen LogP contribution in [0.5, 0.6) is 11.5 Å². The lowest BCUT2D eigenvalue weighted by molar-refractivity contribution is -0.118. The summed E-state index contributed by atoms with van der Waals surface area (Å²) in [6, 6.07) is 17.3. The first-order valence-corrected chi connectivity index (χ1v) is 12.1. The Morgan fingerprint density at radius 3 is 2.38 bits per heavy atom. The van der Waals surface area contributed by atoms with Gasteiger partial charge in [0.15, 0.2) is 18.1 Å². The number of nitriles is 1. The second kappa shape index (κ2) is 12.8. The van der Waals surface area contributed by atoms with Crippen molar-refractivity contribution in [3.05, 3.63) is 86.9 Å². The minimum atomic E-state index is -0.553. The number of hydrogen-bond donors (Lipinski definition) is 2. The lowest BCUT2D eigenvalue weighted by Crippen LogP contribution is -2.20. The van der Waals surface area contributed by atoms with Gasteiger partial charge in [-0.05, 0) is 80.4 Å². The van der Waals surface area contributed by atoms with E-state index in [1.807, 2.05) is 32.0 Å². The first kappa shape index (κ1) is 27.6. The van der Waals surface area contributed by atoms with Gasteiger partial charge in [-0.15, -0.1) is 0 Å². The van der Waals surface area contributed by atoms with E-state index in [4.69, 9.17) is 32.7 Å². The van der Waals surface area contributed by atoms with Crippen molar-refractivity contribution >= 4 is 52.5 Å². The van der Waals surface area contributed by atoms with Gasteiger partial charge >= 0.3 is 0 Å². The quantitative estimate of drug-likeness (QED) is 0.237. The van der Waals surface area contributed by atoms with E-state index in [9.17, 15) is 14.9 Å². The van der Waals surface area contributed by atoms with Gasteiger partial charge in [0.25, 0.3) is 11.8 Å². The number of aryl methyl sites for hydroxylation is 2. The molecule has 3 aromatic rings. The molecule has 2 amide bonds. The minimum Gasteiger partial charge on any atom is -0.490 e. The summed E-state index contributed by atoms with van der Waals surface area (Å²) < 4.78 is 11.3. The number of anilines is 2. The van der Waals surface area contributed by atoms with E-state index in [-0.39, 0.29) is 28.7 Å². The van der Waals surface area contributed by atoms with Crippen molar-refractivity contribution in [1.82, 2.24) is 0 Å². The summed E-state index contributed by atoms with van der Waals surface area (Å²) in [5.74, 6) is -0.514. The fourth-order valence-electron chi connectivity index (χ4n) is 3.40. The van der Waals surface area contributed by atoms with E-state index in [1.54, 1.807) is 43.3 Å². The zero-order valence-corrected chi connectivity index (χ0v) is 22.0. The maximum absolute atomic E-state index is 12.8. The van der Waals surface area contributed by atoms with Crippen LogP contribution in [0.25, 0.3) is 6.08 Å². The van der Waals surface area contributed by atoms with Gasteiger partial charge < -0.3 is 20.1 Å². The van der Waals surface area contributed by atoms with Crippen LogP contribution in [-0.4, -0.2) is 25.0 Å². The van der Waals surface area contributed by atoms with Crippen molar-refractivity contribution in [2.24, 2.45) is 0 Å². The van der Waals surface area contributed by atoms with Crippen LogP contribution in [-0.2, 0) is 9.59 Å². The summed E-state index contributed by atoms with van der Waals surface area (Å²) in [6.07, 6.45) is 1.41. The van der Waals surface area contributed by atoms with Crippen LogP contribution in [0, 0.1) is 25.2 Å². The van der Waals surface area contributed by atoms with Gasteiger partial charge in [0.2, 0.25) is 0 Å². The van der Waals surface area contributed by atoms with Crippen LogP contribution < -0.4 is 20.1 Å². The molecule has 0 aliphatic heterocycles. The predicted molar refractivity (Wildman–Crippen MR) is 146 cm³/mol. The Morgan fingerprint density at radius 2 is 1.73 bits per heavy atom. The Balaban J connectivity index is 1.77. The van der Waals surface area contributed by atoms with E-state index in [1.165, 1.54) is 12.1 Å². The Labute approximate surface area is 225 Å². The number of nitrogens with zero attached hydrogens (tertiary/aromatic N) is 1. The van der Waals surface area contributed by atoms with E-state index in [2.05, 4.69) is 10.6 Å². The maximum atomic E-state index is 12.8. The Kier molecular flexibility index (Phi) is 9.56. The minimum absolute atomic E-state index is 0.116. The van der Waals surface area contributed by atoms with Gasteiger partial charge in [0, 0.05) is 16.4 Å². The van der Waals surface area contributed by atoms with Crippen LogP contribution in [0.4, 0.5) is 11.4 Å². The molecule has 0 fully saturated rings. The van der Waals surface area contributed by atoms with Gasteiger partial charge in [-0.25, -0.2) is 0 Å². The molecule has 0 aliphatic carbocycles. The summed E-state index contributed by atoms with van der Waals surface area (Å²) in [5.41, 5.74) is 3.47. The molecule has 0 saturated heterocycles. The molecule has 0 aliphatic rings. The summed E-state index contributed by atoms with van der Waals surface area (Å²) in [6.45, 7) is 5.60. The van der Waals surface area contributed by atoms with Crippen molar-refractivity contribution in [1.29, 1.82) is 5.26 Å². The monoisotopic (exact) mass is 537 g/mol. The number of benzene rings is 3. The normalized spacial score (nSPS) is 10.9. The van der Waals surface area contributed by atoms with Crippen LogP contribution in [0.15, 0.2) is 60.2 Å². The zero-order valence-electron chi connectivity index (χ0n) is 20.5. The van der Waals surface area contributed by atoms with Crippen molar-refractivity contribution in [2.75, 3.05) is 23.8 Å². The molecule has 0 unspecified atom stereocenters. The molecular weight excluding hydrogens is 513 g/mol. The summed E-state index contributed by atoms with van der Waals surface area (Å²) in [5, 5.41) is 15.8. The average molecular weight is 538 g/mol. The van der Waals surface area contributed by atoms with Crippen molar-refractivity contribution in [3.8, 4) is 17.6 Å². The molecule has 3 aromatic carbocycles. The molecule has 0 atom stereocenters. The second-order valence-electron chi connectivity index (χ2n) is 8.05. The second-order valence-corrected chi connectivity index (χ2v) is 8.89. The van der Waals surface area contributed by atoms with Crippen molar-refractivity contribution in [3.63, 3.8) is 0 Å². The van der Waals surface area contributed by atoms with Crippen LogP contribution in [0.3, 0.4) is 0 Å². The molecule has 0 saturated carbocycles. The van der Waals surface area contributed by atoms with E-state index < -0.39 is 11.8 Å². The number of amides is 2. The lowest BCUT2D eigenvalue weighted by atomic mass is 10.1. The number of carbonyl (C=O) groups excluding carboxylic acids is 2. The molecule has 190 valence electrons. The zero-order chi connectivity index (χ0) is 26.9. The molecule has 0 radical (unpaired) electrons. The smallest absolute Gasteiger partial charge is 0.266 e. The van der Waals surface area contributed by atoms with Gasteiger partial charge in [0.1, 0.15) is 11.6 Å². The molecule has 37 heavy (non-hydrogen) atoms. The number of carbonyl (C=O) groups is 2. The van der Waals surface area contributed by atoms with Gasteiger partial charge in [0.05, 0.1) is 11.6 Å². The molecule has 3 rings (SSSR count). The molecule has 7 nitrogen and oxygen atoms in total. The number of rotatable bonds is 9. The SMILES string of the molecule is CCOc1cc(/C=C(\C#N)C(=O)Nc2ccc(C)cc2C)cc(Cl)c1OCC(=O)Nc1ccc(Cl)cc1. The third-order valence-electron chi connectivity index (χ3n) is 5.11. The Hall–Kier alpha value is -3.99. The molecule has 2 N–H and O–H groups in total. The number of ether oxygens (including phenoxy) is 2. The molecule has 0 bridgehead atoms. The molecule has 9 heteroatoms. The van der Waals surface area contributed by atoms with Crippen molar-refractivity contribution < 1.29 is 19.1 Å². The highest BCUT2D eigenvalue weighted by atomic mass is 35.5. The highest BCUT2D eigenvalue weighted by molar-refractivity contribution is 6.32. The maximum Gasteiger partial charge on any atom is 0.266 e. The standard InChI is InChI=1S/C28H25Cl2N3O4/c1-4-36-25-14-19(12-20(15-31)28(35)33-24-10-5-17(2)11-18(24)3)13-23(30)27(25)37-16-26(34)32-22-8-6-21(29)7-9-22/h5-14H,4,16H2,1-3H3,(H,32,34)(H,33,35)/b20-12+.